The van der Waals surface area contributed by atoms with Crippen molar-refractivity contribution in [3.05, 3.63) is 41.7 Å². The monoisotopic (exact) mass is 261 g/mol. The van der Waals surface area contributed by atoms with Gasteiger partial charge in [0.15, 0.2) is 0 Å². The average Bonchev–Trinajstić information content (AvgIpc) is 2.48. The molecule has 0 fully saturated rings. The number of carbonyl (C=O) groups is 1. The Balaban J connectivity index is 3.06. The molecule has 1 rings (SSSR count). The zero-order valence-corrected chi connectivity index (χ0v) is 11.8. The van der Waals surface area contributed by atoms with E-state index in [9.17, 15) is 4.79 Å². The van der Waals surface area contributed by atoms with Crippen molar-refractivity contribution in [2.75, 3.05) is 21.2 Å². The van der Waals surface area contributed by atoms with Crippen molar-refractivity contribution in [3.63, 3.8) is 0 Å². The van der Waals surface area contributed by atoms with Crippen LogP contribution >= 0.6 is 0 Å². The van der Waals surface area contributed by atoms with E-state index in [0.717, 1.165) is 11.3 Å². The summed E-state index contributed by atoms with van der Waals surface area (Å²) in [6.45, 7) is 1.92. The maximum Gasteiger partial charge on any atom is 0.273 e. The fraction of sp³-hybridized carbons (Fsp3) is 0.357. The molecule has 0 bridgehead atoms. The van der Waals surface area contributed by atoms with Gasteiger partial charge in [-0.1, -0.05) is 6.92 Å². The van der Waals surface area contributed by atoms with Crippen molar-refractivity contribution in [2.45, 2.75) is 13.3 Å². The van der Waals surface area contributed by atoms with Crippen molar-refractivity contribution in [3.8, 4) is 0 Å². The number of hydrogen-bond acceptors (Lipinski definition) is 4. The van der Waals surface area contributed by atoms with E-state index in [-0.39, 0.29) is 5.91 Å². The molecule has 19 heavy (non-hydrogen) atoms. The summed E-state index contributed by atoms with van der Waals surface area (Å²) < 4.78 is 0. The van der Waals surface area contributed by atoms with Gasteiger partial charge in [-0.25, -0.2) is 5.06 Å². The van der Waals surface area contributed by atoms with Gasteiger partial charge in [-0.3, -0.25) is 19.6 Å². The lowest BCUT2D eigenvalue weighted by Crippen LogP contribution is -2.27. The van der Waals surface area contributed by atoms with Gasteiger partial charge < -0.3 is 0 Å². The van der Waals surface area contributed by atoms with Gasteiger partial charge in [0.25, 0.3) is 5.91 Å². The fourth-order valence-electron chi connectivity index (χ4n) is 1.56. The molecule has 0 atom stereocenters. The molecular weight excluding hydrogens is 242 g/mol. The highest BCUT2D eigenvalue weighted by molar-refractivity contribution is 6.12. The van der Waals surface area contributed by atoms with E-state index in [1.165, 1.54) is 12.2 Å². The Morgan fingerprint density at radius 3 is 2.79 bits per heavy atom. The van der Waals surface area contributed by atoms with Gasteiger partial charge in [-0.15, -0.1) is 0 Å². The molecule has 0 aliphatic carbocycles. The van der Waals surface area contributed by atoms with Crippen molar-refractivity contribution in [2.24, 2.45) is 4.99 Å². The first-order valence-corrected chi connectivity index (χ1v) is 6.04. The van der Waals surface area contributed by atoms with Gasteiger partial charge in [-0.2, -0.15) is 0 Å². The van der Waals surface area contributed by atoms with Crippen LogP contribution in [0.3, 0.4) is 0 Å². The predicted octanol–water partition coefficient (Wildman–Crippen LogP) is 1.86. The summed E-state index contributed by atoms with van der Waals surface area (Å²) in [6.07, 6.45) is 5.79. The van der Waals surface area contributed by atoms with Gasteiger partial charge in [0.1, 0.15) is 0 Å². The molecule has 0 unspecified atom stereocenters. The molecule has 5 nitrogen and oxygen atoms in total. The van der Waals surface area contributed by atoms with Crippen molar-refractivity contribution in [1.29, 1.82) is 0 Å². The Labute approximate surface area is 113 Å². The number of hydroxylamine groups is 2. The van der Waals surface area contributed by atoms with Crippen LogP contribution in [0.15, 0.2) is 41.2 Å². The second-order valence-electron chi connectivity index (χ2n) is 3.86. The van der Waals surface area contributed by atoms with Crippen LogP contribution in [0.25, 0.3) is 0 Å². The van der Waals surface area contributed by atoms with E-state index in [1.807, 2.05) is 19.1 Å². The normalized spacial score (nSPS) is 12.4. The Morgan fingerprint density at radius 2 is 2.32 bits per heavy atom. The summed E-state index contributed by atoms with van der Waals surface area (Å²) in [6, 6.07) is 3.74. The molecule has 1 aromatic rings. The molecule has 1 amide bonds. The first-order valence-electron chi connectivity index (χ1n) is 6.04. The molecule has 1 heterocycles. The molecule has 0 saturated heterocycles. The van der Waals surface area contributed by atoms with E-state index in [1.54, 1.807) is 32.6 Å². The number of aliphatic imine (C=N–C) groups is 1. The van der Waals surface area contributed by atoms with Gasteiger partial charge in [0.2, 0.25) is 0 Å². The third kappa shape index (κ3) is 3.99. The summed E-state index contributed by atoms with van der Waals surface area (Å²) in [5.74, 6) is -0.171. The molecule has 0 radical (unpaired) electrons. The molecule has 0 aliphatic heterocycles. The lowest BCUT2D eigenvalue weighted by atomic mass is 10.1. The molecular formula is C14H19N3O2. The van der Waals surface area contributed by atoms with E-state index in [4.69, 9.17) is 4.84 Å². The molecule has 0 saturated carbocycles. The van der Waals surface area contributed by atoms with Gasteiger partial charge in [0, 0.05) is 37.6 Å². The van der Waals surface area contributed by atoms with E-state index < -0.39 is 0 Å². The average molecular weight is 261 g/mol. The summed E-state index contributed by atoms with van der Waals surface area (Å²) in [5.41, 5.74) is 2.24. The minimum absolute atomic E-state index is 0.171. The fourth-order valence-corrected chi connectivity index (χ4v) is 1.56. The Morgan fingerprint density at radius 1 is 1.58 bits per heavy atom. The van der Waals surface area contributed by atoms with Crippen LogP contribution in [-0.2, 0) is 9.63 Å². The van der Waals surface area contributed by atoms with E-state index in [0.29, 0.717) is 12.0 Å². The number of carbonyl (C=O) groups excluding carboxylic acids is 1. The number of aromatic nitrogens is 1. The molecule has 0 spiro atoms. The molecule has 0 aromatic carbocycles. The van der Waals surface area contributed by atoms with Crippen LogP contribution in [0, 0.1) is 0 Å². The van der Waals surface area contributed by atoms with Crippen LogP contribution in [-0.4, -0.2) is 42.9 Å². The third-order valence-corrected chi connectivity index (χ3v) is 2.72. The van der Waals surface area contributed by atoms with Crippen molar-refractivity contribution < 1.29 is 9.63 Å². The third-order valence-electron chi connectivity index (χ3n) is 2.72. The van der Waals surface area contributed by atoms with Crippen LogP contribution in [0.4, 0.5) is 0 Å². The standard InChI is InChI=1S/C14H19N3O2/c1-5-11(14(18)17(3)19-4)9-13(15-2)12-7-6-8-16-10-12/h6-10H,5H2,1-4H3/b11-9+,15-13?. The Kier molecular flexibility index (Phi) is 5.89. The van der Waals surface area contributed by atoms with Gasteiger partial charge in [0.05, 0.1) is 12.8 Å². The number of pyridine rings is 1. The van der Waals surface area contributed by atoms with E-state index in [2.05, 4.69) is 9.98 Å². The first kappa shape index (κ1) is 15.0. The lowest BCUT2D eigenvalue weighted by molar-refractivity contribution is -0.164. The molecule has 0 aliphatic rings. The Bertz CT molecular complexity index is 481. The summed E-state index contributed by atoms with van der Waals surface area (Å²) in [7, 11) is 4.73. The number of rotatable bonds is 5. The van der Waals surface area contributed by atoms with Crippen LogP contribution in [0.1, 0.15) is 18.9 Å². The smallest absolute Gasteiger partial charge is 0.273 e. The van der Waals surface area contributed by atoms with Crippen LogP contribution < -0.4 is 0 Å². The minimum Gasteiger partial charge on any atom is -0.288 e. The van der Waals surface area contributed by atoms with Crippen molar-refractivity contribution in [1.82, 2.24) is 10.0 Å². The molecule has 1 aromatic heterocycles. The largest absolute Gasteiger partial charge is 0.288 e. The predicted molar refractivity (Wildman–Crippen MR) is 74.9 cm³/mol. The summed E-state index contributed by atoms with van der Waals surface area (Å²) in [5, 5.41) is 1.20. The maximum atomic E-state index is 12.1. The molecule has 102 valence electrons. The highest BCUT2D eigenvalue weighted by atomic mass is 16.7. The number of amides is 1. The quantitative estimate of drug-likeness (QED) is 0.462. The highest BCUT2D eigenvalue weighted by Crippen LogP contribution is 2.09. The van der Waals surface area contributed by atoms with Crippen molar-refractivity contribution >= 4 is 11.6 Å². The first-order chi connectivity index (χ1) is 9.13. The molecule has 5 heteroatoms. The number of hydrogen-bond donors (Lipinski definition) is 0. The Hall–Kier alpha value is -2.01. The number of nitrogens with zero attached hydrogens (tertiary/aromatic N) is 3. The van der Waals surface area contributed by atoms with Gasteiger partial charge >= 0.3 is 0 Å². The summed E-state index contributed by atoms with van der Waals surface area (Å²) >= 11 is 0. The minimum atomic E-state index is -0.171. The second kappa shape index (κ2) is 7.43. The topological polar surface area (TPSA) is 54.8 Å². The summed E-state index contributed by atoms with van der Waals surface area (Å²) in [4.78, 5) is 25.2. The molecule has 0 N–H and O–H groups in total. The zero-order valence-electron chi connectivity index (χ0n) is 11.8. The van der Waals surface area contributed by atoms with Crippen LogP contribution in [0.5, 0.6) is 0 Å². The van der Waals surface area contributed by atoms with Crippen LogP contribution in [0.2, 0.25) is 0 Å². The van der Waals surface area contributed by atoms with Gasteiger partial charge in [-0.05, 0) is 24.6 Å². The zero-order chi connectivity index (χ0) is 14.3. The maximum absolute atomic E-state index is 12.1. The number of allylic oxidation sites excluding steroid dienone is 1. The SMILES string of the molecule is CC/C(=C\C(=NC)c1cccnc1)C(=O)N(C)OC. The lowest BCUT2D eigenvalue weighted by Gasteiger charge is -2.15. The highest BCUT2D eigenvalue weighted by Gasteiger charge is 2.14. The second-order valence-corrected chi connectivity index (χ2v) is 3.86. The van der Waals surface area contributed by atoms with E-state index >= 15 is 0 Å². The number of likely N-dealkylation sites (N-methyl/N-ethyl adjacent to an activating group) is 1.